The first-order chi connectivity index (χ1) is 10.8. The quantitative estimate of drug-likeness (QED) is 0.840. The van der Waals surface area contributed by atoms with Crippen molar-refractivity contribution >= 4 is 23.4 Å². The van der Waals surface area contributed by atoms with Crippen molar-refractivity contribution in [3.63, 3.8) is 0 Å². The lowest BCUT2D eigenvalue weighted by atomic mass is 10.1. The highest BCUT2D eigenvalue weighted by molar-refractivity contribution is 7.99. The first-order valence-electron chi connectivity index (χ1n) is 7.27. The molecular weight excluding hydrogens is 322 g/mol. The molecule has 1 aliphatic rings. The monoisotopic (exact) mass is 339 g/mol. The van der Waals surface area contributed by atoms with Crippen LogP contribution in [0.1, 0.15) is 19.3 Å². The van der Waals surface area contributed by atoms with Crippen LogP contribution in [0.2, 0.25) is 5.02 Å². The van der Waals surface area contributed by atoms with E-state index in [1.165, 1.54) is 12.8 Å². The Kier molecular flexibility index (Phi) is 5.23. The number of aromatic amines is 1. The molecule has 0 bridgehead atoms. The van der Waals surface area contributed by atoms with Crippen LogP contribution in [0.25, 0.3) is 11.4 Å². The standard InChI is InChI=1S/C15H18ClN3O2S/c1-20-13-6-5-10(16)8-12(13)14-17-15(19-18-14)22-9-11-4-2-3-7-21-11/h5-6,8,11H,2-4,7,9H2,1H3,(H,17,18,19)/t11-/m0/s1. The Morgan fingerprint density at radius 2 is 2.36 bits per heavy atom. The van der Waals surface area contributed by atoms with E-state index in [1.54, 1.807) is 24.9 Å². The van der Waals surface area contributed by atoms with E-state index in [4.69, 9.17) is 21.1 Å². The molecule has 5 nitrogen and oxygen atoms in total. The fourth-order valence-electron chi connectivity index (χ4n) is 2.40. The minimum atomic E-state index is 0.307. The highest BCUT2D eigenvalue weighted by Gasteiger charge is 2.16. The Labute approximate surface area is 138 Å². The van der Waals surface area contributed by atoms with Gasteiger partial charge in [0.1, 0.15) is 5.75 Å². The van der Waals surface area contributed by atoms with E-state index in [1.807, 2.05) is 12.1 Å². The number of aromatic nitrogens is 3. The summed E-state index contributed by atoms with van der Waals surface area (Å²) in [4.78, 5) is 4.52. The summed E-state index contributed by atoms with van der Waals surface area (Å²) in [6, 6.07) is 5.43. The second kappa shape index (κ2) is 7.35. The van der Waals surface area contributed by atoms with Crippen LogP contribution in [0.3, 0.4) is 0 Å². The summed E-state index contributed by atoms with van der Waals surface area (Å²) in [6.45, 7) is 0.865. The summed E-state index contributed by atoms with van der Waals surface area (Å²) in [5.74, 6) is 2.25. The molecule has 1 N–H and O–H groups in total. The van der Waals surface area contributed by atoms with Crippen LogP contribution in [0.4, 0.5) is 0 Å². The van der Waals surface area contributed by atoms with Crippen molar-refractivity contribution in [3.8, 4) is 17.1 Å². The van der Waals surface area contributed by atoms with Crippen LogP contribution in [-0.2, 0) is 4.74 Å². The highest BCUT2D eigenvalue weighted by Crippen LogP contribution is 2.31. The van der Waals surface area contributed by atoms with Crippen LogP contribution < -0.4 is 4.74 Å². The van der Waals surface area contributed by atoms with E-state index in [0.717, 1.165) is 24.3 Å². The second-order valence-electron chi connectivity index (χ2n) is 5.11. The van der Waals surface area contributed by atoms with Gasteiger partial charge in [-0.05, 0) is 37.5 Å². The number of hydrogen-bond acceptors (Lipinski definition) is 5. The zero-order valence-electron chi connectivity index (χ0n) is 12.3. The van der Waals surface area contributed by atoms with Gasteiger partial charge >= 0.3 is 0 Å². The van der Waals surface area contributed by atoms with Crippen LogP contribution in [0, 0.1) is 0 Å². The van der Waals surface area contributed by atoms with Crippen molar-refractivity contribution in [2.45, 2.75) is 30.5 Å². The highest BCUT2D eigenvalue weighted by atomic mass is 35.5. The lowest BCUT2D eigenvalue weighted by Gasteiger charge is -2.21. The molecule has 1 saturated heterocycles. The van der Waals surface area contributed by atoms with Crippen molar-refractivity contribution in [2.24, 2.45) is 0 Å². The van der Waals surface area contributed by atoms with E-state index < -0.39 is 0 Å². The van der Waals surface area contributed by atoms with Crippen molar-refractivity contribution in [3.05, 3.63) is 23.2 Å². The maximum absolute atomic E-state index is 6.05. The Morgan fingerprint density at radius 1 is 1.45 bits per heavy atom. The van der Waals surface area contributed by atoms with Crippen LogP contribution in [0.15, 0.2) is 23.4 Å². The number of methoxy groups -OCH3 is 1. The number of thioether (sulfide) groups is 1. The molecule has 0 amide bonds. The van der Waals surface area contributed by atoms with Gasteiger partial charge in [0.25, 0.3) is 0 Å². The Balaban J connectivity index is 1.69. The molecule has 0 saturated carbocycles. The van der Waals surface area contributed by atoms with Crippen molar-refractivity contribution in [2.75, 3.05) is 19.5 Å². The van der Waals surface area contributed by atoms with Gasteiger partial charge in [0.15, 0.2) is 5.82 Å². The summed E-state index contributed by atoms with van der Waals surface area (Å²) >= 11 is 7.66. The van der Waals surface area contributed by atoms with Gasteiger partial charge in [0, 0.05) is 17.4 Å². The van der Waals surface area contributed by atoms with Gasteiger partial charge in [-0.3, -0.25) is 5.10 Å². The molecular formula is C15H18ClN3O2S. The average molecular weight is 340 g/mol. The predicted octanol–water partition coefficient (Wildman–Crippen LogP) is 3.79. The van der Waals surface area contributed by atoms with Gasteiger partial charge in [-0.15, -0.1) is 5.10 Å². The number of rotatable bonds is 5. The van der Waals surface area contributed by atoms with E-state index in [2.05, 4.69) is 15.2 Å². The van der Waals surface area contributed by atoms with E-state index in [-0.39, 0.29) is 0 Å². The summed E-state index contributed by atoms with van der Waals surface area (Å²) in [5, 5.41) is 8.56. The third-order valence-electron chi connectivity index (χ3n) is 3.55. The normalized spacial score (nSPS) is 18.4. The van der Waals surface area contributed by atoms with E-state index in [0.29, 0.717) is 27.9 Å². The fraction of sp³-hybridized carbons (Fsp3) is 0.467. The molecule has 1 aliphatic heterocycles. The average Bonchev–Trinajstić information content (AvgIpc) is 3.03. The molecule has 1 aromatic carbocycles. The number of nitrogens with one attached hydrogen (secondary N) is 1. The van der Waals surface area contributed by atoms with Crippen LogP contribution in [0.5, 0.6) is 5.75 Å². The smallest absolute Gasteiger partial charge is 0.208 e. The number of ether oxygens (including phenoxy) is 2. The third-order valence-corrected chi connectivity index (χ3v) is 4.77. The van der Waals surface area contributed by atoms with Crippen molar-refractivity contribution in [1.29, 1.82) is 0 Å². The molecule has 118 valence electrons. The summed E-state index contributed by atoms with van der Waals surface area (Å²) in [6.07, 6.45) is 3.83. The topological polar surface area (TPSA) is 60.0 Å². The SMILES string of the molecule is COc1ccc(Cl)cc1-c1nc(SC[C@@H]2CCCCO2)n[nH]1. The first-order valence-corrected chi connectivity index (χ1v) is 8.63. The summed E-state index contributed by atoms with van der Waals surface area (Å²) in [7, 11) is 1.62. The van der Waals surface area contributed by atoms with Gasteiger partial charge in [-0.1, -0.05) is 23.4 Å². The fourth-order valence-corrected chi connectivity index (χ4v) is 3.44. The van der Waals surface area contributed by atoms with E-state index >= 15 is 0 Å². The van der Waals surface area contributed by atoms with Crippen LogP contribution >= 0.6 is 23.4 Å². The Morgan fingerprint density at radius 3 is 3.14 bits per heavy atom. The molecule has 1 atom stereocenters. The maximum atomic E-state index is 6.05. The molecule has 22 heavy (non-hydrogen) atoms. The van der Waals surface area contributed by atoms with E-state index in [9.17, 15) is 0 Å². The number of nitrogens with zero attached hydrogens (tertiary/aromatic N) is 2. The largest absolute Gasteiger partial charge is 0.496 e. The van der Waals surface area contributed by atoms with Crippen molar-refractivity contribution in [1.82, 2.24) is 15.2 Å². The minimum absolute atomic E-state index is 0.307. The maximum Gasteiger partial charge on any atom is 0.208 e. The zero-order valence-corrected chi connectivity index (χ0v) is 13.9. The first kappa shape index (κ1) is 15.6. The van der Waals surface area contributed by atoms with Gasteiger partial charge in [0.2, 0.25) is 5.16 Å². The summed E-state index contributed by atoms with van der Waals surface area (Å²) < 4.78 is 11.1. The third kappa shape index (κ3) is 3.74. The number of halogens is 1. The molecule has 3 rings (SSSR count). The van der Waals surface area contributed by atoms with Crippen molar-refractivity contribution < 1.29 is 9.47 Å². The second-order valence-corrected chi connectivity index (χ2v) is 6.53. The predicted molar refractivity (Wildman–Crippen MR) is 87.7 cm³/mol. The van der Waals surface area contributed by atoms with Gasteiger partial charge in [0.05, 0.1) is 18.8 Å². The zero-order chi connectivity index (χ0) is 15.4. The number of benzene rings is 1. The molecule has 2 heterocycles. The number of hydrogen-bond donors (Lipinski definition) is 1. The lowest BCUT2D eigenvalue weighted by molar-refractivity contribution is 0.0315. The molecule has 2 aromatic rings. The molecule has 0 aliphatic carbocycles. The molecule has 1 aromatic heterocycles. The molecule has 1 fully saturated rings. The molecule has 0 spiro atoms. The number of H-pyrrole nitrogens is 1. The Bertz CT molecular complexity index is 629. The van der Waals surface area contributed by atoms with Gasteiger partial charge in [-0.25, -0.2) is 4.98 Å². The minimum Gasteiger partial charge on any atom is -0.496 e. The summed E-state index contributed by atoms with van der Waals surface area (Å²) in [5.41, 5.74) is 0.809. The lowest BCUT2D eigenvalue weighted by Crippen LogP contribution is -2.21. The Hall–Kier alpha value is -1.24. The molecule has 7 heteroatoms. The molecule has 0 radical (unpaired) electrons. The van der Waals surface area contributed by atoms with Gasteiger partial charge < -0.3 is 9.47 Å². The van der Waals surface area contributed by atoms with Gasteiger partial charge in [-0.2, -0.15) is 0 Å². The molecule has 0 unspecified atom stereocenters. The van der Waals surface area contributed by atoms with Crippen LogP contribution in [-0.4, -0.2) is 40.8 Å².